The van der Waals surface area contributed by atoms with Crippen LogP contribution in [0.2, 0.25) is 0 Å². The molecule has 0 radical (unpaired) electrons. The van der Waals surface area contributed by atoms with Crippen molar-refractivity contribution in [3.63, 3.8) is 0 Å². The first-order valence-corrected chi connectivity index (χ1v) is 5.53. The summed E-state index contributed by atoms with van der Waals surface area (Å²) >= 11 is 0. The molecule has 2 rings (SSSR count). The van der Waals surface area contributed by atoms with E-state index in [-0.39, 0.29) is 0 Å². The minimum Gasteiger partial charge on any atom is -0.397 e. The summed E-state index contributed by atoms with van der Waals surface area (Å²) in [5.41, 5.74) is 9.46. The molecule has 0 atom stereocenters. The predicted molar refractivity (Wildman–Crippen MR) is 63.3 cm³/mol. The molecule has 0 aromatic heterocycles. The fourth-order valence-corrected chi connectivity index (χ4v) is 2.11. The van der Waals surface area contributed by atoms with Gasteiger partial charge in [0.15, 0.2) is 0 Å². The number of nitrogens with two attached hydrogens (primary N) is 1. The number of hydrogen-bond donors (Lipinski definition) is 1. The molecule has 1 aromatic carbocycles. The standard InChI is InChI=1S/C12H18N2O/c1-2-15-9-8-14-7-6-10-4-3-5-11(13)12(10)14/h3-5H,2,6-9,13H2,1H3. The third-order valence-electron chi connectivity index (χ3n) is 2.83. The van der Waals surface area contributed by atoms with E-state index in [0.717, 1.165) is 38.4 Å². The smallest absolute Gasteiger partial charge is 0.0641 e. The second kappa shape index (κ2) is 4.53. The maximum absolute atomic E-state index is 5.98. The average Bonchev–Trinajstić information content (AvgIpc) is 2.63. The molecular formula is C12H18N2O. The molecule has 0 aliphatic carbocycles. The van der Waals surface area contributed by atoms with E-state index in [4.69, 9.17) is 10.5 Å². The summed E-state index contributed by atoms with van der Waals surface area (Å²) < 4.78 is 5.37. The highest BCUT2D eigenvalue weighted by atomic mass is 16.5. The number of nitrogen functional groups attached to an aromatic ring is 1. The van der Waals surface area contributed by atoms with Crippen LogP contribution in [0, 0.1) is 0 Å². The second-order valence-electron chi connectivity index (χ2n) is 3.79. The number of rotatable bonds is 4. The predicted octanol–water partition coefficient (Wildman–Crippen LogP) is 1.67. The minimum atomic E-state index is 0.782. The average molecular weight is 206 g/mol. The van der Waals surface area contributed by atoms with E-state index in [0.29, 0.717) is 0 Å². The molecule has 3 nitrogen and oxygen atoms in total. The second-order valence-corrected chi connectivity index (χ2v) is 3.79. The van der Waals surface area contributed by atoms with E-state index >= 15 is 0 Å². The van der Waals surface area contributed by atoms with Crippen LogP contribution in [-0.4, -0.2) is 26.3 Å². The van der Waals surface area contributed by atoms with E-state index < -0.39 is 0 Å². The highest BCUT2D eigenvalue weighted by Gasteiger charge is 2.20. The van der Waals surface area contributed by atoms with Crippen molar-refractivity contribution in [1.29, 1.82) is 0 Å². The normalized spacial score (nSPS) is 14.3. The van der Waals surface area contributed by atoms with Gasteiger partial charge in [0.1, 0.15) is 0 Å². The van der Waals surface area contributed by atoms with Crippen LogP contribution in [-0.2, 0) is 11.2 Å². The van der Waals surface area contributed by atoms with Gasteiger partial charge in [0.25, 0.3) is 0 Å². The summed E-state index contributed by atoms with van der Waals surface area (Å²) in [5, 5.41) is 0. The summed E-state index contributed by atoms with van der Waals surface area (Å²) in [4.78, 5) is 2.32. The van der Waals surface area contributed by atoms with Gasteiger partial charge in [0.05, 0.1) is 18.0 Å². The highest BCUT2D eigenvalue weighted by Crippen LogP contribution is 2.33. The lowest BCUT2D eigenvalue weighted by Crippen LogP contribution is -2.25. The summed E-state index contributed by atoms with van der Waals surface area (Å²) in [6, 6.07) is 6.16. The fraction of sp³-hybridized carbons (Fsp3) is 0.500. The maximum atomic E-state index is 5.98. The van der Waals surface area contributed by atoms with Gasteiger partial charge in [-0.1, -0.05) is 12.1 Å². The van der Waals surface area contributed by atoms with E-state index in [1.165, 1.54) is 11.3 Å². The lowest BCUT2D eigenvalue weighted by atomic mass is 10.1. The number of anilines is 2. The molecule has 1 aromatic rings. The summed E-state index contributed by atoms with van der Waals surface area (Å²) in [6.45, 7) is 5.59. The lowest BCUT2D eigenvalue weighted by molar-refractivity contribution is 0.154. The van der Waals surface area contributed by atoms with Gasteiger partial charge in [-0.3, -0.25) is 0 Å². The zero-order valence-corrected chi connectivity index (χ0v) is 9.20. The quantitative estimate of drug-likeness (QED) is 0.601. The van der Waals surface area contributed by atoms with Crippen molar-refractivity contribution in [1.82, 2.24) is 0 Å². The summed E-state index contributed by atoms with van der Waals surface area (Å²) in [5.74, 6) is 0. The van der Waals surface area contributed by atoms with Crippen molar-refractivity contribution in [3.8, 4) is 0 Å². The number of hydrogen-bond acceptors (Lipinski definition) is 3. The van der Waals surface area contributed by atoms with Gasteiger partial charge in [-0.05, 0) is 25.0 Å². The molecule has 0 spiro atoms. The van der Waals surface area contributed by atoms with Gasteiger partial charge in [0.2, 0.25) is 0 Å². The third kappa shape index (κ3) is 2.07. The van der Waals surface area contributed by atoms with Gasteiger partial charge >= 0.3 is 0 Å². The van der Waals surface area contributed by atoms with Crippen molar-refractivity contribution < 1.29 is 4.74 Å². The zero-order valence-electron chi connectivity index (χ0n) is 9.20. The van der Waals surface area contributed by atoms with Crippen LogP contribution in [0.5, 0.6) is 0 Å². The molecule has 0 saturated carbocycles. The van der Waals surface area contributed by atoms with E-state index in [2.05, 4.69) is 11.0 Å². The molecule has 1 heterocycles. The Labute approximate surface area is 90.8 Å². The summed E-state index contributed by atoms with van der Waals surface area (Å²) in [6.07, 6.45) is 1.10. The van der Waals surface area contributed by atoms with Crippen molar-refractivity contribution in [2.75, 3.05) is 36.9 Å². The van der Waals surface area contributed by atoms with E-state index in [1.807, 2.05) is 19.1 Å². The van der Waals surface area contributed by atoms with Crippen LogP contribution in [0.1, 0.15) is 12.5 Å². The van der Waals surface area contributed by atoms with Gasteiger partial charge in [-0.15, -0.1) is 0 Å². The highest BCUT2D eigenvalue weighted by molar-refractivity contribution is 5.74. The molecule has 0 bridgehead atoms. The topological polar surface area (TPSA) is 38.5 Å². The number of ether oxygens (including phenoxy) is 1. The Hall–Kier alpha value is -1.22. The lowest BCUT2D eigenvalue weighted by Gasteiger charge is -2.20. The van der Waals surface area contributed by atoms with Crippen molar-refractivity contribution >= 4 is 11.4 Å². The van der Waals surface area contributed by atoms with E-state index in [9.17, 15) is 0 Å². The minimum absolute atomic E-state index is 0.782. The van der Waals surface area contributed by atoms with Crippen LogP contribution in [0.3, 0.4) is 0 Å². The van der Waals surface area contributed by atoms with Crippen LogP contribution >= 0.6 is 0 Å². The SMILES string of the molecule is CCOCCN1CCc2cccc(N)c21. The van der Waals surface area contributed by atoms with Crippen LogP contribution in [0.15, 0.2) is 18.2 Å². The Bertz CT molecular complexity index is 338. The zero-order chi connectivity index (χ0) is 10.7. The first-order valence-electron chi connectivity index (χ1n) is 5.53. The van der Waals surface area contributed by atoms with E-state index in [1.54, 1.807) is 0 Å². The Morgan fingerprint density at radius 2 is 2.33 bits per heavy atom. The molecule has 0 fully saturated rings. The molecule has 2 N–H and O–H groups in total. The number of para-hydroxylation sites is 1. The molecule has 1 aliphatic heterocycles. The fourth-order valence-electron chi connectivity index (χ4n) is 2.11. The Kier molecular flexibility index (Phi) is 3.11. The molecule has 0 saturated heterocycles. The molecule has 15 heavy (non-hydrogen) atoms. The van der Waals surface area contributed by atoms with Crippen molar-refractivity contribution in [3.05, 3.63) is 23.8 Å². The number of fused-ring (bicyclic) bond motifs is 1. The molecule has 0 unspecified atom stereocenters. The number of nitrogens with zero attached hydrogens (tertiary/aromatic N) is 1. The van der Waals surface area contributed by atoms with Crippen molar-refractivity contribution in [2.45, 2.75) is 13.3 Å². The van der Waals surface area contributed by atoms with Crippen LogP contribution < -0.4 is 10.6 Å². The Morgan fingerprint density at radius 1 is 1.47 bits per heavy atom. The largest absolute Gasteiger partial charge is 0.397 e. The van der Waals surface area contributed by atoms with Gasteiger partial charge in [-0.25, -0.2) is 0 Å². The molecule has 0 amide bonds. The molecule has 82 valence electrons. The van der Waals surface area contributed by atoms with Crippen LogP contribution in [0.25, 0.3) is 0 Å². The Morgan fingerprint density at radius 3 is 3.13 bits per heavy atom. The van der Waals surface area contributed by atoms with Gasteiger partial charge in [0, 0.05) is 19.7 Å². The summed E-state index contributed by atoms with van der Waals surface area (Å²) in [7, 11) is 0. The maximum Gasteiger partial charge on any atom is 0.0641 e. The van der Waals surface area contributed by atoms with Crippen LogP contribution in [0.4, 0.5) is 11.4 Å². The number of benzene rings is 1. The van der Waals surface area contributed by atoms with Crippen molar-refractivity contribution in [2.24, 2.45) is 0 Å². The monoisotopic (exact) mass is 206 g/mol. The third-order valence-corrected chi connectivity index (χ3v) is 2.83. The van der Waals surface area contributed by atoms with Gasteiger partial charge < -0.3 is 15.4 Å². The molecule has 1 aliphatic rings. The molecule has 3 heteroatoms. The first-order chi connectivity index (χ1) is 7.33. The first kappa shape index (κ1) is 10.3. The Balaban J connectivity index is 2.07. The van der Waals surface area contributed by atoms with Gasteiger partial charge in [-0.2, -0.15) is 0 Å². The molecular weight excluding hydrogens is 188 g/mol.